The van der Waals surface area contributed by atoms with E-state index in [0.717, 1.165) is 5.56 Å². The quantitative estimate of drug-likeness (QED) is 0.741. The molecule has 136 valence electrons. The Hall–Kier alpha value is -2.89. The molecule has 0 saturated carbocycles. The lowest BCUT2D eigenvalue weighted by molar-refractivity contribution is 0.0697. The van der Waals surface area contributed by atoms with E-state index in [9.17, 15) is 9.18 Å². The van der Waals surface area contributed by atoms with Gasteiger partial charge in [-0.05, 0) is 35.7 Å². The van der Waals surface area contributed by atoms with Crippen molar-refractivity contribution in [3.8, 4) is 5.75 Å². The highest BCUT2D eigenvalue weighted by molar-refractivity contribution is 5.91. The van der Waals surface area contributed by atoms with Crippen LogP contribution in [0.5, 0.6) is 5.75 Å². The van der Waals surface area contributed by atoms with E-state index in [2.05, 4.69) is 4.98 Å². The smallest absolute Gasteiger partial charge is 0.335 e. The minimum Gasteiger partial charge on any atom is -0.496 e. The molecule has 0 bridgehead atoms. The molecule has 0 aliphatic heterocycles. The number of carboxylic acid groups (broad SMARTS) is 1. The predicted octanol–water partition coefficient (Wildman–Crippen LogP) is 4.56. The fourth-order valence-electron chi connectivity index (χ4n) is 2.83. The van der Waals surface area contributed by atoms with Gasteiger partial charge in [0.2, 0.25) is 0 Å². The van der Waals surface area contributed by atoms with Crippen LogP contribution in [0.15, 0.2) is 34.7 Å². The maximum atomic E-state index is 14.6. The zero-order valence-electron chi connectivity index (χ0n) is 15.1. The molecule has 0 amide bonds. The number of carboxylic acids is 1. The number of methoxy groups -OCH3 is 1. The molecule has 3 rings (SSSR count). The molecule has 1 aromatic heterocycles. The second-order valence-electron chi connectivity index (χ2n) is 7.17. The van der Waals surface area contributed by atoms with Crippen LogP contribution in [-0.2, 0) is 11.8 Å². The molecule has 3 aromatic rings. The number of carbonyl (C=O) groups is 1. The first-order chi connectivity index (χ1) is 12.2. The zero-order valence-corrected chi connectivity index (χ0v) is 15.1. The van der Waals surface area contributed by atoms with E-state index < -0.39 is 5.97 Å². The Morgan fingerprint density at radius 1 is 1.27 bits per heavy atom. The molecule has 0 atom stereocenters. The van der Waals surface area contributed by atoms with E-state index in [4.69, 9.17) is 14.3 Å². The van der Waals surface area contributed by atoms with Crippen LogP contribution < -0.4 is 4.74 Å². The Labute approximate surface area is 150 Å². The monoisotopic (exact) mass is 357 g/mol. The third-order valence-corrected chi connectivity index (χ3v) is 4.20. The fraction of sp³-hybridized carbons (Fsp3) is 0.300. The number of aromatic carboxylic acids is 1. The Bertz CT molecular complexity index is 985. The van der Waals surface area contributed by atoms with Crippen LogP contribution in [0.3, 0.4) is 0 Å². The Balaban J connectivity index is 1.98. The van der Waals surface area contributed by atoms with Crippen molar-refractivity contribution in [1.82, 2.24) is 4.98 Å². The summed E-state index contributed by atoms with van der Waals surface area (Å²) >= 11 is 0. The van der Waals surface area contributed by atoms with Crippen molar-refractivity contribution < 1.29 is 23.4 Å². The summed E-state index contributed by atoms with van der Waals surface area (Å²) in [7, 11) is 1.55. The third-order valence-electron chi connectivity index (χ3n) is 4.20. The van der Waals surface area contributed by atoms with Crippen molar-refractivity contribution in [3.63, 3.8) is 0 Å². The van der Waals surface area contributed by atoms with Crippen LogP contribution in [0.4, 0.5) is 4.39 Å². The van der Waals surface area contributed by atoms with Gasteiger partial charge in [0.25, 0.3) is 0 Å². The maximum absolute atomic E-state index is 14.6. The number of oxazole rings is 1. The number of rotatable bonds is 4. The molecular weight excluding hydrogens is 337 g/mol. The van der Waals surface area contributed by atoms with Crippen molar-refractivity contribution in [1.29, 1.82) is 0 Å². The van der Waals surface area contributed by atoms with E-state index in [0.29, 0.717) is 28.3 Å². The molecule has 0 aliphatic rings. The van der Waals surface area contributed by atoms with Crippen LogP contribution in [0.25, 0.3) is 11.1 Å². The van der Waals surface area contributed by atoms with Crippen LogP contribution in [0.1, 0.15) is 48.1 Å². The molecule has 0 radical (unpaired) electrons. The van der Waals surface area contributed by atoms with Crippen molar-refractivity contribution >= 4 is 17.1 Å². The SMILES string of the molecule is COc1cc(Cc2nc3cc(C(=O)O)ccc3o2)c(F)cc1C(C)(C)C. The third kappa shape index (κ3) is 3.40. The van der Waals surface area contributed by atoms with Gasteiger partial charge in [-0.2, -0.15) is 0 Å². The van der Waals surface area contributed by atoms with Crippen molar-refractivity contribution in [3.05, 3.63) is 58.7 Å². The number of aromatic nitrogens is 1. The van der Waals surface area contributed by atoms with Gasteiger partial charge in [-0.25, -0.2) is 14.2 Å². The largest absolute Gasteiger partial charge is 0.496 e. The highest BCUT2D eigenvalue weighted by Crippen LogP contribution is 2.34. The van der Waals surface area contributed by atoms with Crippen LogP contribution in [-0.4, -0.2) is 23.2 Å². The first-order valence-electron chi connectivity index (χ1n) is 8.18. The maximum Gasteiger partial charge on any atom is 0.335 e. The molecule has 6 heteroatoms. The van der Waals surface area contributed by atoms with Gasteiger partial charge in [-0.3, -0.25) is 0 Å². The van der Waals surface area contributed by atoms with Crippen LogP contribution in [0, 0.1) is 5.82 Å². The molecule has 0 fully saturated rings. The van der Waals surface area contributed by atoms with Gasteiger partial charge in [-0.1, -0.05) is 20.8 Å². The standard InChI is InChI=1S/C20H20FNO4/c1-20(2,3)13-10-14(21)12(8-17(13)25-4)9-18-22-15-7-11(19(23)24)5-6-16(15)26-18/h5-8,10H,9H2,1-4H3,(H,23,24). The number of benzene rings is 2. The van der Waals surface area contributed by atoms with E-state index in [1.807, 2.05) is 20.8 Å². The van der Waals surface area contributed by atoms with Gasteiger partial charge in [0.1, 0.15) is 17.1 Å². The van der Waals surface area contributed by atoms with Gasteiger partial charge in [0.05, 0.1) is 19.1 Å². The lowest BCUT2D eigenvalue weighted by atomic mass is 9.85. The molecule has 0 spiro atoms. The second kappa shape index (κ2) is 6.44. The predicted molar refractivity (Wildman–Crippen MR) is 95.4 cm³/mol. The average Bonchev–Trinajstić information content (AvgIpc) is 2.96. The summed E-state index contributed by atoms with van der Waals surface area (Å²) in [5.41, 5.74) is 1.95. The molecule has 1 N–H and O–H groups in total. The van der Waals surface area contributed by atoms with E-state index in [1.165, 1.54) is 18.2 Å². The van der Waals surface area contributed by atoms with Crippen LogP contribution >= 0.6 is 0 Å². The highest BCUT2D eigenvalue weighted by atomic mass is 19.1. The van der Waals surface area contributed by atoms with Crippen molar-refractivity contribution in [2.24, 2.45) is 0 Å². The average molecular weight is 357 g/mol. The molecule has 1 heterocycles. The zero-order chi connectivity index (χ0) is 19.1. The Morgan fingerprint density at radius 3 is 2.62 bits per heavy atom. The van der Waals surface area contributed by atoms with Gasteiger partial charge in [0, 0.05) is 11.1 Å². The number of hydrogen-bond acceptors (Lipinski definition) is 4. The van der Waals surface area contributed by atoms with Gasteiger partial charge in [-0.15, -0.1) is 0 Å². The summed E-state index contributed by atoms with van der Waals surface area (Å²) < 4.78 is 25.6. The van der Waals surface area contributed by atoms with Gasteiger partial charge in [0.15, 0.2) is 11.5 Å². The minimum absolute atomic E-state index is 0.125. The van der Waals surface area contributed by atoms with Crippen LogP contribution in [0.2, 0.25) is 0 Å². The number of ether oxygens (including phenoxy) is 1. The summed E-state index contributed by atoms with van der Waals surface area (Å²) in [4.78, 5) is 15.3. The Kier molecular flexibility index (Phi) is 4.44. The molecule has 0 aliphatic carbocycles. The molecule has 26 heavy (non-hydrogen) atoms. The lowest BCUT2D eigenvalue weighted by Crippen LogP contribution is -2.14. The van der Waals surface area contributed by atoms with Crippen molar-refractivity contribution in [2.45, 2.75) is 32.6 Å². The number of fused-ring (bicyclic) bond motifs is 1. The first kappa shape index (κ1) is 17.9. The molecule has 0 saturated heterocycles. The van der Waals surface area contributed by atoms with Gasteiger partial charge < -0.3 is 14.3 Å². The number of nitrogens with zero attached hydrogens (tertiary/aromatic N) is 1. The van der Waals surface area contributed by atoms with Gasteiger partial charge >= 0.3 is 5.97 Å². The van der Waals surface area contributed by atoms with E-state index in [-0.39, 0.29) is 23.2 Å². The topological polar surface area (TPSA) is 72.6 Å². The minimum atomic E-state index is -1.04. The summed E-state index contributed by atoms with van der Waals surface area (Å²) in [5.74, 6) is -0.473. The lowest BCUT2D eigenvalue weighted by Gasteiger charge is -2.23. The molecule has 5 nitrogen and oxygen atoms in total. The molecule has 0 unspecified atom stereocenters. The highest BCUT2D eigenvalue weighted by Gasteiger charge is 2.22. The number of halogens is 1. The Morgan fingerprint density at radius 2 is 2.00 bits per heavy atom. The van der Waals surface area contributed by atoms with E-state index in [1.54, 1.807) is 19.2 Å². The van der Waals surface area contributed by atoms with Crippen molar-refractivity contribution in [2.75, 3.05) is 7.11 Å². The second-order valence-corrected chi connectivity index (χ2v) is 7.17. The molecule has 2 aromatic carbocycles. The summed E-state index contributed by atoms with van der Waals surface area (Å²) in [5, 5.41) is 9.05. The summed E-state index contributed by atoms with van der Waals surface area (Å²) in [6.07, 6.45) is 0.143. The summed E-state index contributed by atoms with van der Waals surface area (Å²) in [6, 6.07) is 7.58. The number of hydrogen-bond donors (Lipinski definition) is 1. The summed E-state index contributed by atoms with van der Waals surface area (Å²) in [6.45, 7) is 5.97. The normalized spacial score (nSPS) is 11.7. The van der Waals surface area contributed by atoms with E-state index >= 15 is 0 Å². The fourth-order valence-corrected chi connectivity index (χ4v) is 2.83. The molecular formula is C20H20FNO4. The first-order valence-corrected chi connectivity index (χ1v) is 8.18.